The molecule has 1 amide bonds. The third-order valence-electron chi connectivity index (χ3n) is 1.98. The highest BCUT2D eigenvalue weighted by molar-refractivity contribution is 5.97. The average molecular weight is 206 g/mol. The monoisotopic (exact) mass is 206 g/mol. The molecule has 15 heavy (non-hydrogen) atoms. The van der Waals surface area contributed by atoms with Gasteiger partial charge < -0.3 is 11.1 Å². The number of carbonyl (C=O) groups is 1. The number of amides is 1. The highest BCUT2D eigenvalue weighted by Gasteiger charge is 2.17. The first-order valence-electron chi connectivity index (χ1n) is 4.63. The van der Waals surface area contributed by atoms with Crippen molar-refractivity contribution in [3.8, 4) is 12.3 Å². The van der Waals surface area contributed by atoms with Crippen molar-refractivity contribution in [1.82, 2.24) is 15.5 Å². The predicted octanol–water partition coefficient (Wildman–Crippen LogP) is 0.478. The molecule has 0 spiro atoms. The van der Waals surface area contributed by atoms with E-state index in [4.69, 9.17) is 12.2 Å². The van der Waals surface area contributed by atoms with Crippen LogP contribution in [-0.2, 0) is 0 Å². The molecule has 5 heteroatoms. The first-order valence-corrected chi connectivity index (χ1v) is 4.63. The van der Waals surface area contributed by atoms with Crippen LogP contribution in [0.3, 0.4) is 0 Å². The second-order valence-electron chi connectivity index (χ2n) is 3.44. The van der Waals surface area contributed by atoms with Crippen molar-refractivity contribution in [3.05, 3.63) is 11.4 Å². The number of aromatic amines is 1. The van der Waals surface area contributed by atoms with Crippen LogP contribution < -0.4 is 11.1 Å². The van der Waals surface area contributed by atoms with E-state index in [1.807, 2.05) is 13.8 Å². The quantitative estimate of drug-likeness (QED) is 0.629. The van der Waals surface area contributed by atoms with Crippen molar-refractivity contribution in [2.45, 2.75) is 19.8 Å². The number of hydrogen-bond acceptors (Lipinski definition) is 3. The molecule has 1 rings (SSSR count). The highest BCUT2D eigenvalue weighted by Crippen LogP contribution is 2.21. The van der Waals surface area contributed by atoms with Gasteiger partial charge in [-0.25, -0.2) is 0 Å². The summed E-state index contributed by atoms with van der Waals surface area (Å²) < 4.78 is 0. The van der Waals surface area contributed by atoms with Gasteiger partial charge >= 0.3 is 0 Å². The number of H-pyrrole nitrogens is 1. The lowest BCUT2D eigenvalue weighted by Gasteiger charge is -2.02. The summed E-state index contributed by atoms with van der Waals surface area (Å²) in [4.78, 5) is 11.5. The molecule has 0 saturated carbocycles. The number of rotatable bonds is 3. The van der Waals surface area contributed by atoms with E-state index < -0.39 is 0 Å². The number of anilines is 1. The molecule has 0 fully saturated rings. The normalized spacial score (nSPS) is 10.0. The van der Waals surface area contributed by atoms with Crippen molar-refractivity contribution in [3.63, 3.8) is 0 Å². The Morgan fingerprint density at radius 3 is 2.87 bits per heavy atom. The topological polar surface area (TPSA) is 83.8 Å². The summed E-state index contributed by atoms with van der Waals surface area (Å²) in [5, 5.41) is 9.11. The van der Waals surface area contributed by atoms with E-state index in [0.29, 0.717) is 5.69 Å². The Labute approximate surface area is 88.4 Å². The smallest absolute Gasteiger partial charge is 0.274 e. The standard InChI is InChI=1S/C10H14N4O/c1-4-5-12-10(15)9-7(11)8(6(2)3)13-14-9/h1,6H,5,11H2,2-3H3,(H,12,15)(H,13,14). The maximum atomic E-state index is 11.5. The third-order valence-corrected chi connectivity index (χ3v) is 1.98. The van der Waals surface area contributed by atoms with Gasteiger partial charge in [0, 0.05) is 0 Å². The maximum Gasteiger partial charge on any atom is 0.274 e. The van der Waals surface area contributed by atoms with Gasteiger partial charge in [-0.05, 0) is 5.92 Å². The van der Waals surface area contributed by atoms with Crippen LogP contribution in [0.1, 0.15) is 35.9 Å². The number of nitrogens with zero attached hydrogens (tertiary/aromatic N) is 1. The SMILES string of the molecule is C#CCNC(=O)c1n[nH]c(C(C)C)c1N. The summed E-state index contributed by atoms with van der Waals surface area (Å²) >= 11 is 0. The Hall–Kier alpha value is -1.96. The van der Waals surface area contributed by atoms with Crippen molar-refractivity contribution in [2.24, 2.45) is 0 Å². The van der Waals surface area contributed by atoms with Crippen molar-refractivity contribution >= 4 is 11.6 Å². The van der Waals surface area contributed by atoms with Crippen molar-refractivity contribution in [2.75, 3.05) is 12.3 Å². The fraction of sp³-hybridized carbons (Fsp3) is 0.400. The van der Waals surface area contributed by atoms with Gasteiger partial charge in [-0.15, -0.1) is 6.42 Å². The van der Waals surface area contributed by atoms with E-state index in [1.165, 1.54) is 0 Å². The number of nitrogen functional groups attached to an aromatic ring is 1. The summed E-state index contributed by atoms with van der Waals surface area (Å²) in [6.45, 7) is 4.10. The lowest BCUT2D eigenvalue weighted by molar-refractivity contribution is 0.0954. The minimum absolute atomic E-state index is 0.169. The molecule has 80 valence electrons. The van der Waals surface area contributed by atoms with Crippen molar-refractivity contribution < 1.29 is 4.79 Å². The first kappa shape index (κ1) is 11.1. The largest absolute Gasteiger partial charge is 0.395 e. The van der Waals surface area contributed by atoms with Crippen LogP contribution in [0.25, 0.3) is 0 Å². The molecule has 0 bridgehead atoms. The molecule has 4 N–H and O–H groups in total. The zero-order valence-electron chi connectivity index (χ0n) is 8.79. The van der Waals surface area contributed by atoms with E-state index in [2.05, 4.69) is 21.4 Å². The minimum Gasteiger partial charge on any atom is -0.395 e. The Bertz CT molecular complexity index is 400. The summed E-state index contributed by atoms with van der Waals surface area (Å²) in [7, 11) is 0. The van der Waals surface area contributed by atoms with E-state index in [9.17, 15) is 4.79 Å². The average Bonchev–Trinajstić information content (AvgIpc) is 2.56. The van der Waals surface area contributed by atoms with Gasteiger partial charge in [0.05, 0.1) is 17.9 Å². The molecule has 1 aromatic heterocycles. The first-order chi connectivity index (χ1) is 7.07. The lowest BCUT2D eigenvalue weighted by Crippen LogP contribution is -2.24. The predicted molar refractivity (Wildman–Crippen MR) is 58.3 cm³/mol. The lowest BCUT2D eigenvalue weighted by atomic mass is 10.1. The Kier molecular flexibility index (Phi) is 3.34. The summed E-state index contributed by atoms with van der Waals surface area (Å²) in [6, 6.07) is 0. The fourth-order valence-electron chi connectivity index (χ4n) is 1.19. The van der Waals surface area contributed by atoms with Crippen LogP contribution in [0.15, 0.2) is 0 Å². The second-order valence-corrected chi connectivity index (χ2v) is 3.44. The second kappa shape index (κ2) is 4.51. The number of carbonyl (C=O) groups excluding carboxylic acids is 1. The van der Waals surface area contributed by atoms with E-state index in [-0.39, 0.29) is 24.1 Å². The summed E-state index contributed by atoms with van der Waals surface area (Å²) in [5.41, 5.74) is 7.13. The van der Waals surface area contributed by atoms with Gasteiger partial charge in [-0.1, -0.05) is 19.8 Å². The Morgan fingerprint density at radius 1 is 1.73 bits per heavy atom. The molecule has 0 aliphatic carbocycles. The molecule has 0 aromatic carbocycles. The van der Waals surface area contributed by atoms with Crippen molar-refractivity contribution in [1.29, 1.82) is 0 Å². The number of aromatic nitrogens is 2. The van der Waals surface area contributed by atoms with Gasteiger partial charge in [0.1, 0.15) is 0 Å². The molecule has 0 unspecified atom stereocenters. The number of nitrogens with two attached hydrogens (primary N) is 1. The van der Waals surface area contributed by atoms with E-state index in [1.54, 1.807) is 0 Å². The zero-order chi connectivity index (χ0) is 11.4. The minimum atomic E-state index is -0.353. The summed E-state index contributed by atoms with van der Waals surface area (Å²) in [6.07, 6.45) is 5.02. The van der Waals surface area contributed by atoms with Crippen LogP contribution in [-0.4, -0.2) is 22.6 Å². The molecule has 0 aliphatic rings. The van der Waals surface area contributed by atoms with Crippen LogP contribution in [0.2, 0.25) is 0 Å². The molecule has 0 atom stereocenters. The van der Waals surface area contributed by atoms with Crippen LogP contribution in [0.5, 0.6) is 0 Å². The number of nitrogens with one attached hydrogen (secondary N) is 2. The number of hydrogen-bond donors (Lipinski definition) is 3. The molecule has 1 aromatic rings. The third kappa shape index (κ3) is 2.29. The molecule has 5 nitrogen and oxygen atoms in total. The molecule has 0 radical (unpaired) electrons. The molecule has 1 heterocycles. The van der Waals surface area contributed by atoms with Crippen LogP contribution in [0.4, 0.5) is 5.69 Å². The van der Waals surface area contributed by atoms with E-state index in [0.717, 1.165) is 5.69 Å². The highest BCUT2D eigenvalue weighted by atomic mass is 16.1. The molecule has 0 aliphatic heterocycles. The zero-order valence-corrected chi connectivity index (χ0v) is 8.79. The summed E-state index contributed by atoms with van der Waals surface area (Å²) in [5.74, 6) is 2.15. The van der Waals surface area contributed by atoms with Crippen LogP contribution in [0, 0.1) is 12.3 Å². The molecule has 0 saturated heterocycles. The van der Waals surface area contributed by atoms with Gasteiger partial charge in [-0.3, -0.25) is 9.89 Å². The van der Waals surface area contributed by atoms with Gasteiger partial charge in [-0.2, -0.15) is 5.10 Å². The van der Waals surface area contributed by atoms with E-state index >= 15 is 0 Å². The van der Waals surface area contributed by atoms with Gasteiger partial charge in [0.2, 0.25) is 0 Å². The molecular weight excluding hydrogens is 192 g/mol. The fourth-order valence-corrected chi connectivity index (χ4v) is 1.19. The van der Waals surface area contributed by atoms with Crippen LogP contribution >= 0.6 is 0 Å². The van der Waals surface area contributed by atoms with Gasteiger partial charge in [0.25, 0.3) is 5.91 Å². The maximum absolute atomic E-state index is 11.5. The molecular formula is C10H14N4O. The van der Waals surface area contributed by atoms with Gasteiger partial charge in [0.15, 0.2) is 5.69 Å². The number of terminal acetylenes is 1. The Balaban J connectivity index is 2.88. The Morgan fingerprint density at radius 2 is 2.40 bits per heavy atom.